The molecule has 3 aromatic rings. The summed E-state index contributed by atoms with van der Waals surface area (Å²) in [5, 5.41) is 18.5. The van der Waals surface area contributed by atoms with Gasteiger partial charge in [-0.25, -0.2) is 22.9 Å². The first-order valence-corrected chi connectivity index (χ1v) is 11.4. The van der Waals surface area contributed by atoms with Crippen LogP contribution in [-0.2, 0) is 23.0 Å². The number of thiophene rings is 1. The molecular weight excluding hydrogens is 424 g/mol. The molecule has 2 N–H and O–H groups in total. The van der Waals surface area contributed by atoms with Crippen LogP contribution in [0.15, 0.2) is 47.2 Å². The van der Waals surface area contributed by atoms with E-state index in [4.69, 9.17) is 5.11 Å². The maximum absolute atomic E-state index is 12.6. The highest BCUT2D eigenvalue weighted by Crippen LogP contribution is 2.37. The lowest BCUT2D eigenvalue weighted by Crippen LogP contribution is -2.28. The van der Waals surface area contributed by atoms with Crippen molar-refractivity contribution < 1.29 is 18.3 Å². The van der Waals surface area contributed by atoms with Crippen LogP contribution < -0.4 is 4.72 Å². The smallest absolute Gasteiger partial charge is 0.418 e. The molecule has 0 unspecified atom stereocenters. The van der Waals surface area contributed by atoms with Crippen molar-refractivity contribution in [2.45, 2.75) is 31.0 Å². The van der Waals surface area contributed by atoms with Gasteiger partial charge in [0.2, 0.25) is 0 Å². The molecule has 8 nitrogen and oxygen atoms in total. The van der Waals surface area contributed by atoms with Crippen LogP contribution in [0.1, 0.15) is 29.9 Å². The number of nitrogens with zero attached hydrogens (tertiary/aromatic N) is 3. The van der Waals surface area contributed by atoms with Crippen molar-refractivity contribution >= 4 is 27.5 Å². The maximum atomic E-state index is 12.6. The highest BCUT2D eigenvalue weighted by molar-refractivity contribution is 7.92. The Balaban J connectivity index is 2.08. The van der Waals surface area contributed by atoms with Crippen molar-refractivity contribution in [1.82, 2.24) is 14.3 Å². The molecule has 0 atom stereocenters. The van der Waals surface area contributed by atoms with Crippen LogP contribution in [0.4, 0.5) is 4.79 Å². The summed E-state index contributed by atoms with van der Waals surface area (Å²) < 4.78 is 28.6. The van der Waals surface area contributed by atoms with E-state index in [1.807, 2.05) is 18.4 Å². The van der Waals surface area contributed by atoms with E-state index in [0.717, 1.165) is 21.8 Å². The molecule has 2 aromatic heterocycles. The summed E-state index contributed by atoms with van der Waals surface area (Å²) in [7, 11) is -4.25. The van der Waals surface area contributed by atoms with Gasteiger partial charge < -0.3 is 9.67 Å². The Hall–Kier alpha value is -3.16. The van der Waals surface area contributed by atoms with Crippen LogP contribution in [0.2, 0.25) is 0 Å². The van der Waals surface area contributed by atoms with Gasteiger partial charge in [0.15, 0.2) is 0 Å². The van der Waals surface area contributed by atoms with E-state index in [0.29, 0.717) is 35.6 Å². The molecule has 156 valence electrons. The molecule has 0 aliphatic carbocycles. The third-order valence-corrected chi connectivity index (χ3v) is 7.29. The normalized spacial score (nSPS) is 11.4. The van der Waals surface area contributed by atoms with Crippen LogP contribution in [0, 0.1) is 17.2 Å². The fourth-order valence-corrected chi connectivity index (χ4v) is 5.84. The number of hydrogen-bond acceptors (Lipinski definition) is 6. The van der Waals surface area contributed by atoms with Crippen molar-refractivity contribution in [3.8, 4) is 17.2 Å². The highest BCUT2D eigenvalue weighted by atomic mass is 32.2. The number of sulfonamides is 1. The van der Waals surface area contributed by atoms with Gasteiger partial charge in [0.25, 0.3) is 10.0 Å². The van der Waals surface area contributed by atoms with Crippen molar-refractivity contribution in [3.05, 3.63) is 59.0 Å². The largest absolute Gasteiger partial charge is 0.464 e. The molecule has 30 heavy (non-hydrogen) atoms. The summed E-state index contributed by atoms with van der Waals surface area (Å²) in [6.07, 6.45) is 4.09. The van der Waals surface area contributed by atoms with E-state index < -0.39 is 16.1 Å². The minimum absolute atomic E-state index is 0.0770. The standard InChI is InChI=1S/C20H20N4O4S2/c1-13(2)7-17-9-18(19(29-17)30(27,28)23-20(25)26)14-3-4-15(16(8-14)10-21)11-24-6-5-22-12-24/h3-6,8-9,12-13,23H,7,11H2,1-2H3,(H,25,26). The maximum Gasteiger partial charge on any atom is 0.418 e. The Morgan fingerprint density at radius 2 is 2.13 bits per heavy atom. The number of nitriles is 1. The van der Waals surface area contributed by atoms with Gasteiger partial charge >= 0.3 is 6.09 Å². The van der Waals surface area contributed by atoms with Gasteiger partial charge in [-0.2, -0.15) is 5.26 Å². The first-order chi connectivity index (χ1) is 14.2. The van der Waals surface area contributed by atoms with E-state index in [2.05, 4.69) is 11.1 Å². The van der Waals surface area contributed by atoms with E-state index in [1.165, 1.54) is 0 Å². The average Bonchev–Trinajstić information content (AvgIpc) is 3.30. The molecule has 1 aromatic carbocycles. The third kappa shape index (κ3) is 4.87. The average molecular weight is 445 g/mol. The van der Waals surface area contributed by atoms with Crippen LogP contribution in [0.5, 0.6) is 0 Å². The lowest BCUT2D eigenvalue weighted by Gasteiger charge is -2.09. The zero-order chi connectivity index (χ0) is 21.9. The third-order valence-electron chi connectivity index (χ3n) is 4.28. The number of aromatic nitrogens is 2. The summed E-state index contributed by atoms with van der Waals surface area (Å²) in [5.41, 5.74) is 2.10. The summed E-state index contributed by atoms with van der Waals surface area (Å²) in [5.74, 6) is 0.298. The predicted molar refractivity (Wildman–Crippen MR) is 113 cm³/mol. The fourth-order valence-electron chi connectivity index (χ4n) is 3.05. The first-order valence-electron chi connectivity index (χ1n) is 9.07. The summed E-state index contributed by atoms with van der Waals surface area (Å²) in [6.45, 7) is 4.49. The Bertz CT molecular complexity index is 1210. The fraction of sp³-hybridized carbons (Fsp3) is 0.250. The Labute approximate surface area is 178 Å². The van der Waals surface area contributed by atoms with Crippen LogP contribution >= 0.6 is 11.3 Å². The molecule has 0 saturated heterocycles. The van der Waals surface area contributed by atoms with Gasteiger partial charge in [-0.05, 0) is 35.6 Å². The Morgan fingerprint density at radius 3 is 2.73 bits per heavy atom. The van der Waals surface area contributed by atoms with Gasteiger partial charge in [0.1, 0.15) is 4.21 Å². The second-order valence-corrected chi connectivity index (χ2v) is 10.2. The second-order valence-electron chi connectivity index (χ2n) is 7.14. The molecule has 0 aliphatic heterocycles. The van der Waals surface area contributed by atoms with Gasteiger partial charge in [-0.1, -0.05) is 26.0 Å². The van der Waals surface area contributed by atoms with Crippen LogP contribution in [0.3, 0.4) is 0 Å². The summed E-state index contributed by atoms with van der Waals surface area (Å²) >= 11 is 1.04. The Morgan fingerprint density at radius 1 is 1.37 bits per heavy atom. The van der Waals surface area contributed by atoms with Gasteiger partial charge in [0, 0.05) is 29.4 Å². The number of nitrogens with one attached hydrogen (secondary N) is 1. The number of hydrogen-bond donors (Lipinski definition) is 2. The molecule has 2 heterocycles. The second kappa shape index (κ2) is 8.69. The molecule has 0 spiro atoms. The topological polar surface area (TPSA) is 125 Å². The number of carbonyl (C=O) groups is 1. The number of carboxylic acid groups (broad SMARTS) is 1. The Kier molecular flexibility index (Phi) is 6.24. The zero-order valence-corrected chi connectivity index (χ0v) is 18.0. The van der Waals surface area contributed by atoms with E-state index >= 15 is 0 Å². The van der Waals surface area contributed by atoms with Crippen molar-refractivity contribution in [3.63, 3.8) is 0 Å². The minimum Gasteiger partial charge on any atom is -0.464 e. The first kappa shape index (κ1) is 21.5. The zero-order valence-electron chi connectivity index (χ0n) is 16.4. The minimum atomic E-state index is -4.25. The van der Waals surface area contributed by atoms with Crippen LogP contribution in [0.25, 0.3) is 11.1 Å². The van der Waals surface area contributed by atoms with Gasteiger partial charge in [-0.15, -0.1) is 11.3 Å². The predicted octanol–water partition coefficient (Wildman–Crippen LogP) is 3.69. The molecule has 3 rings (SSSR count). The molecule has 10 heteroatoms. The quantitative estimate of drug-likeness (QED) is 0.572. The summed E-state index contributed by atoms with van der Waals surface area (Å²) in [6, 6.07) is 9.06. The SMILES string of the molecule is CC(C)Cc1cc(-c2ccc(Cn3ccnc3)c(C#N)c2)c(S(=O)(=O)NC(=O)O)s1. The molecule has 0 bridgehead atoms. The molecular formula is C20H20N4O4S2. The number of amides is 1. The van der Waals surface area contributed by atoms with E-state index in [1.54, 1.807) is 47.7 Å². The number of imidazole rings is 1. The monoisotopic (exact) mass is 444 g/mol. The van der Waals surface area contributed by atoms with E-state index in [-0.39, 0.29) is 4.21 Å². The highest BCUT2D eigenvalue weighted by Gasteiger charge is 2.26. The molecule has 1 amide bonds. The lowest BCUT2D eigenvalue weighted by molar-refractivity contribution is 0.201. The van der Waals surface area contributed by atoms with Crippen LogP contribution in [-0.4, -0.2) is 29.2 Å². The van der Waals surface area contributed by atoms with Crippen molar-refractivity contribution in [2.24, 2.45) is 5.92 Å². The van der Waals surface area contributed by atoms with Gasteiger partial charge in [0.05, 0.1) is 18.0 Å². The van der Waals surface area contributed by atoms with E-state index in [9.17, 15) is 18.5 Å². The molecule has 0 saturated carbocycles. The number of rotatable bonds is 7. The van der Waals surface area contributed by atoms with Crippen molar-refractivity contribution in [2.75, 3.05) is 0 Å². The number of benzene rings is 1. The summed E-state index contributed by atoms with van der Waals surface area (Å²) in [4.78, 5) is 15.8. The molecule has 0 aliphatic rings. The lowest BCUT2D eigenvalue weighted by atomic mass is 10.0. The molecule has 0 radical (unpaired) electrons. The molecule has 0 fully saturated rings. The van der Waals surface area contributed by atoms with Crippen molar-refractivity contribution in [1.29, 1.82) is 5.26 Å². The van der Waals surface area contributed by atoms with Gasteiger partial charge in [-0.3, -0.25) is 0 Å².